The van der Waals surface area contributed by atoms with Crippen LogP contribution in [-0.2, 0) is 10.0 Å². The normalized spacial score (nSPS) is 11.9. The second-order valence-corrected chi connectivity index (χ2v) is 11.1. The van der Waals surface area contributed by atoms with Gasteiger partial charge in [-0.1, -0.05) is 5.16 Å². The molecule has 5 heterocycles. The molecule has 0 spiro atoms. The molecule has 0 amide bonds. The second kappa shape index (κ2) is 11.3. The molecule has 0 radical (unpaired) electrons. The summed E-state index contributed by atoms with van der Waals surface area (Å²) in [5.41, 5.74) is 0.477. The summed E-state index contributed by atoms with van der Waals surface area (Å²) in [6, 6.07) is 5.74. The van der Waals surface area contributed by atoms with Gasteiger partial charge in [-0.25, -0.2) is 32.7 Å². The van der Waals surface area contributed by atoms with Gasteiger partial charge >= 0.3 is 12.0 Å². The molecular weight excluding hydrogens is 632 g/mol. The number of aryl methyl sites for hydroxylation is 1. The lowest BCUT2D eigenvalue weighted by Crippen LogP contribution is -2.17. The maximum Gasteiger partial charge on any atom is 0.355 e. The molecule has 5 aromatic rings. The zero-order valence-corrected chi connectivity index (χ0v) is 23.5. The predicted molar refractivity (Wildman–Crippen MR) is 142 cm³/mol. The standard InChI is InChI=1S/C16H11BrN2O7S2.C7H6N4O/c1-8-13(17)15(26-18-8)19-28(21,22)12-4-5-27-14(12)16(20)25-9-2-3-10-11(6-9)24-7-23-10;12-7(10-3-1-8-5-10)11-4-2-9-6-11/h2-6,19H,7H2,1H3;1-6H. The van der Waals surface area contributed by atoms with E-state index in [2.05, 4.69) is 35.8 Å². The fourth-order valence-electron chi connectivity index (χ4n) is 3.23. The van der Waals surface area contributed by atoms with E-state index in [0.717, 1.165) is 11.3 Å². The van der Waals surface area contributed by atoms with Crippen molar-refractivity contribution in [1.82, 2.24) is 24.3 Å². The smallest absolute Gasteiger partial charge is 0.355 e. The highest BCUT2D eigenvalue weighted by Crippen LogP contribution is 2.36. The number of carbonyl (C=O) groups excluding carboxylic acids is 2. The molecular formula is C23H17BrN6O8S2. The number of sulfonamides is 1. The number of aromatic nitrogens is 5. The van der Waals surface area contributed by atoms with E-state index in [0.29, 0.717) is 21.7 Å². The second-order valence-electron chi connectivity index (χ2n) is 7.76. The molecule has 1 aliphatic heterocycles. The van der Waals surface area contributed by atoms with E-state index in [1.54, 1.807) is 37.8 Å². The summed E-state index contributed by atoms with van der Waals surface area (Å²) >= 11 is 4.13. The van der Waals surface area contributed by atoms with Crippen LogP contribution in [-0.4, -0.2) is 51.5 Å². The number of anilines is 1. The quantitative estimate of drug-likeness (QED) is 0.214. The first-order valence-electron chi connectivity index (χ1n) is 11.1. The Morgan fingerprint density at radius 1 is 1.07 bits per heavy atom. The van der Waals surface area contributed by atoms with Crippen molar-refractivity contribution in [2.75, 3.05) is 11.5 Å². The van der Waals surface area contributed by atoms with Crippen LogP contribution < -0.4 is 18.9 Å². The number of rotatable bonds is 5. The fourth-order valence-corrected chi connectivity index (χ4v) is 5.89. The highest BCUT2D eigenvalue weighted by Gasteiger charge is 2.28. The van der Waals surface area contributed by atoms with E-state index in [-0.39, 0.29) is 34.2 Å². The zero-order chi connectivity index (χ0) is 28.3. The minimum Gasteiger partial charge on any atom is -0.454 e. The lowest BCUT2D eigenvalue weighted by molar-refractivity contribution is 0.0736. The van der Waals surface area contributed by atoms with E-state index >= 15 is 0 Å². The van der Waals surface area contributed by atoms with E-state index in [4.69, 9.17) is 18.7 Å². The maximum absolute atomic E-state index is 12.7. The summed E-state index contributed by atoms with van der Waals surface area (Å²) < 4.78 is 51.4. The molecule has 0 saturated heterocycles. The third-order valence-corrected chi connectivity index (χ3v) is 8.46. The highest BCUT2D eigenvalue weighted by atomic mass is 79.9. The molecule has 1 aromatic carbocycles. The van der Waals surface area contributed by atoms with Crippen LogP contribution in [0.2, 0.25) is 0 Å². The Balaban J connectivity index is 0.000000223. The van der Waals surface area contributed by atoms with Crippen molar-refractivity contribution in [3.8, 4) is 17.2 Å². The number of nitrogens with zero attached hydrogens (tertiary/aromatic N) is 5. The van der Waals surface area contributed by atoms with E-state index in [1.807, 2.05) is 0 Å². The molecule has 1 aliphatic rings. The maximum atomic E-state index is 12.7. The van der Waals surface area contributed by atoms with Crippen molar-refractivity contribution >= 4 is 55.2 Å². The molecule has 1 N–H and O–H groups in total. The van der Waals surface area contributed by atoms with Crippen molar-refractivity contribution < 1.29 is 36.7 Å². The van der Waals surface area contributed by atoms with Crippen LogP contribution in [0.1, 0.15) is 15.4 Å². The Bertz CT molecular complexity index is 1730. The van der Waals surface area contributed by atoms with Gasteiger partial charge in [-0.15, -0.1) is 11.3 Å². The predicted octanol–water partition coefficient (Wildman–Crippen LogP) is 4.15. The molecule has 0 fully saturated rings. The Labute approximate surface area is 238 Å². The van der Waals surface area contributed by atoms with Gasteiger partial charge in [0.25, 0.3) is 15.9 Å². The van der Waals surface area contributed by atoms with Gasteiger partial charge in [-0.2, -0.15) is 0 Å². The van der Waals surface area contributed by atoms with Gasteiger partial charge in [0.1, 0.15) is 32.6 Å². The van der Waals surface area contributed by atoms with Crippen LogP contribution >= 0.6 is 27.3 Å². The Hall–Kier alpha value is -4.48. The number of carbonyl (C=O) groups is 2. The number of halogens is 1. The molecule has 0 atom stereocenters. The fraction of sp³-hybridized carbons (Fsp3) is 0.0870. The number of hydrogen-bond acceptors (Lipinski definition) is 12. The van der Waals surface area contributed by atoms with Crippen molar-refractivity contribution in [2.45, 2.75) is 11.8 Å². The third kappa shape index (κ3) is 5.75. The van der Waals surface area contributed by atoms with Crippen LogP contribution in [0.5, 0.6) is 17.2 Å². The SMILES string of the molecule is Cc1noc(NS(=O)(=O)c2ccsc2C(=O)Oc2ccc3c(c2)OCO3)c1Br.O=C(n1ccnc1)n1ccnc1. The topological polar surface area (TPSA) is 170 Å². The molecule has 4 aromatic heterocycles. The van der Waals surface area contributed by atoms with E-state index in [1.165, 1.54) is 45.4 Å². The molecule has 17 heteroatoms. The van der Waals surface area contributed by atoms with Crippen LogP contribution in [0.4, 0.5) is 10.7 Å². The van der Waals surface area contributed by atoms with Gasteiger partial charge in [0.2, 0.25) is 6.79 Å². The molecule has 0 aliphatic carbocycles. The summed E-state index contributed by atoms with van der Waals surface area (Å²) in [6.07, 6.45) is 9.17. The van der Waals surface area contributed by atoms with Crippen LogP contribution in [0.3, 0.4) is 0 Å². The first kappa shape index (κ1) is 27.1. The summed E-state index contributed by atoms with van der Waals surface area (Å²) in [6.45, 7) is 1.73. The molecule has 0 bridgehead atoms. The number of hydrogen-bond donors (Lipinski definition) is 1. The number of thiophene rings is 1. The van der Waals surface area contributed by atoms with Crippen molar-refractivity contribution in [3.05, 3.63) is 82.1 Å². The van der Waals surface area contributed by atoms with Gasteiger partial charge in [0, 0.05) is 30.9 Å². The zero-order valence-electron chi connectivity index (χ0n) is 20.3. The van der Waals surface area contributed by atoms with Crippen molar-refractivity contribution in [3.63, 3.8) is 0 Å². The van der Waals surface area contributed by atoms with E-state index < -0.39 is 16.0 Å². The van der Waals surface area contributed by atoms with Crippen molar-refractivity contribution in [1.29, 1.82) is 0 Å². The first-order valence-corrected chi connectivity index (χ1v) is 14.2. The van der Waals surface area contributed by atoms with E-state index in [9.17, 15) is 18.0 Å². The average molecular weight is 649 g/mol. The highest BCUT2D eigenvalue weighted by molar-refractivity contribution is 9.10. The molecule has 6 rings (SSSR count). The van der Waals surface area contributed by atoms with Gasteiger partial charge in [0.15, 0.2) is 11.5 Å². The van der Waals surface area contributed by atoms with Gasteiger partial charge in [-0.05, 0) is 46.4 Å². The number of ether oxygens (including phenoxy) is 3. The molecule has 40 heavy (non-hydrogen) atoms. The summed E-state index contributed by atoms with van der Waals surface area (Å²) in [5, 5.41) is 5.14. The lowest BCUT2D eigenvalue weighted by Gasteiger charge is -2.07. The minimum absolute atomic E-state index is 0.0845. The molecule has 0 saturated carbocycles. The Kier molecular flexibility index (Phi) is 7.67. The summed E-state index contributed by atoms with van der Waals surface area (Å²) in [7, 11) is -4.11. The molecule has 0 unspecified atom stereocenters. The van der Waals surface area contributed by atoms with Crippen LogP contribution in [0.15, 0.2) is 81.0 Å². The van der Waals surface area contributed by atoms with Crippen molar-refractivity contribution in [2.24, 2.45) is 0 Å². The number of esters is 1. The van der Waals surface area contributed by atoms with Crippen LogP contribution in [0, 0.1) is 6.92 Å². The first-order chi connectivity index (χ1) is 19.2. The van der Waals surface area contributed by atoms with Gasteiger partial charge in [0.05, 0.1) is 5.69 Å². The third-order valence-electron chi connectivity index (χ3n) is 5.13. The largest absolute Gasteiger partial charge is 0.454 e. The number of nitrogens with one attached hydrogen (secondary N) is 1. The summed E-state index contributed by atoms with van der Waals surface area (Å²) in [4.78, 5) is 31.2. The summed E-state index contributed by atoms with van der Waals surface area (Å²) in [5.74, 6) is 0.279. The Morgan fingerprint density at radius 3 is 2.40 bits per heavy atom. The lowest BCUT2D eigenvalue weighted by atomic mass is 10.3. The Morgan fingerprint density at radius 2 is 1.77 bits per heavy atom. The number of benzene rings is 1. The number of imidazole rings is 2. The molecule has 14 nitrogen and oxygen atoms in total. The monoisotopic (exact) mass is 648 g/mol. The van der Waals surface area contributed by atoms with Gasteiger partial charge in [-0.3, -0.25) is 9.13 Å². The minimum atomic E-state index is -4.11. The average Bonchev–Trinajstić information content (AvgIpc) is 3.77. The van der Waals surface area contributed by atoms with Crippen LogP contribution in [0.25, 0.3) is 0 Å². The van der Waals surface area contributed by atoms with Gasteiger partial charge < -0.3 is 18.7 Å². The molecule has 206 valence electrons. The number of fused-ring (bicyclic) bond motifs is 1.